The maximum Gasteiger partial charge on any atom is 0.259 e. The van der Waals surface area contributed by atoms with Crippen LogP contribution in [0.5, 0.6) is 11.5 Å². The molecule has 0 spiro atoms. The van der Waals surface area contributed by atoms with E-state index < -0.39 is 0 Å². The number of nitrogens with one attached hydrogen (secondary N) is 1. The summed E-state index contributed by atoms with van der Waals surface area (Å²) in [5.74, 6) is 1.79. The normalized spacial score (nSPS) is 10.6. The predicted octanol–water partition coefficient (Wildman–Crippen LogP) is 3.73. The van der Waals surface area contributed by atoms with Crippen LogP contribution < -0.4 is 15.0 Å². The molecular weight excluding hydrogens is 316 g/mol. The summed E-state index contributed by atoms with van der Waals surface area (Å²) in [6, 6.07) is 11.0. The van der Waals surface area contributed by atoms with Gasteiger partial charge in [0, 0.05) is 11.1 Å². The Balaban J connectivity index is 2.22. The minimum atomic E-state index is -0.167. The molecule has 0 aliphatic heterocycles. The van der Waals surface area contributed by atoms with Gasteiger partial charge in [0.2, 0.25) is 0 Å². The number of aromatic amines is 1. The van der Waals surface area contributed by atoms with Gasteiger partial charge in [0.05, 0.1) is 24.6 Å². The zero-order chi connectivity index (χ0) is 17.8. The minimum absolute atomic E-state index is 0.167. The molecule has 0 amide bonds. The number of aromatic nitrogens is 2. The molecule has 5 heteroatoms. The number of benzene rings is 2. The van der Waals surface area contributed by atoms with Crippen molar-refractivity contribution >= 4 is 10.9 Å². The number of para-hydroxylation sites is 1. The van der Waals surface area contributed by atoms with Gasteiger partial charge in [-0.3, -0.25) is 4.79 Å². The second-order valence-electron chi connectivity index (χ2n) is 5.52. The maximum atomic E-state index is 12.3. The van der Waals surface area contributed by atoms with Gasteiger partial charge in [-0.05, 0) is 37.6 Å². The van der Waals surface area contributed by atoms with Crippen molar-refractivity contribution in [3.8, 4) is 22.9 Å². The molecule has 0 saturated carbocycles. The van der Waals surface area contributed by atoms with Gasteiger partial charge in [-0.2, -0.15) is 0 Å². The highest BCUT2D eigenvalue weighted by atomic mass is 16.5. The average Bonchev–Trinajstić information content (AvgIpc) is 2.62. The third-order valence-corrected chi connectivity index (χ3v) is 3.89. The minimum Gasteiger partial charge on any atom is -0.493 e. The van der Waals surface area contributed by atoms with Gasteiger partial charge in [-0.15, -0.1) is 6.58 Å². The Hall–Kier alpha value is -3.08. The van der Waals surface area contributed by atoms with Crippen LogP contribution in [0.3, 0.4) is 0 Å². The number of hydrogen-bond donors (Lipinski definition) is 1. The van der Waals surface area contributed by atoms with Crippen LogP contribution in [-0.4, -0.2) is 23.7 Å². The van der Waals surface area contributed by atoms with E-state index in [0.717, 1.165) is 11.1 Å². The number of nitrogens with zero attached hydrogens (tertiary/aromatic N) is 1. The Morgan fingerprint density at radius 1 is 1.28 bits per heavy atom. The largest absolute Gasteiger partial charge is 0.493 e. The summed E-state index contributed by atoms with van der Waals surface area (Å²) < 4.78 is 11.2. The maximum absolute atomic E-state index is 12.3. The first-order valence-electron chi connectivity index (χ1n) is 8.12. The third kappa shape index (κ3) is 3.26. The molecule has 0 unspecified atom stereocenters. The van der Waals surface area contributed by atoms with Gasteiger partial charge in [0.15, 0.2) is 11.5 Å². The zero-order valence-corrected chi connectivity index (χ0v) is 14.3. The second-order valence-corrected chi connectivity index (χ2v) is 5.52. The first-order chi connectivity index (χ1) is 12.2. The Kier molecular flexibility index (Phi) is 4.84. The van der Waals surface area contributed by atoms with Crippen molar-refractivity contribution in [3.63, 3.8) is 0 Å². The molecule has 0 radical (unpaired) electrons. The van der Waals surface area contributed by atoms with Crippen molar-refractivity contribution in [2.45, 2.75) is 13.3 Å². The predicted molar refractivity (Wildman–Crippen MR) is 99.4 cm³/mol. The summed E-state index contributed by atoms with van der Waals surface area (Å²) in [7, 11) is 1.61. The molecule has 5 nitrogen and oxygen atoms in total. The molecule has 0 fully saturated rings. The Morgan fingerprint density at radius 2 is 2.08 bits per heavy atom. The summed E-state index contributed by atoms with van der Waals surface area (Å²) in [4.78, 5) is 19.8. The Bertz CT molecular complexity index is 976. The fourth-order valence-corrected chi connectivity index (χ4v) is 2.82. The van der Waals surface area contributed by atoms with Gasteiger partial charge in [0.25, 0.3) is 5.56 Å². The van der Waals surface area contributed by atoms with Crippen molar-refractivity contribution in [3.05, 3.63) is 65.0 Å². The van der Waals surface area contributed by atoms with Crippen molar-refractivity contribution in [1.82, 2.24) is 9.97 Å². The van der Waals surface area contributed by atoms with Crippen LogP contribution in [-0.2, 0) is 6.42 Å². The summed E-state index contributed by atoms with van der Waals surface area (Å²) >= 11 is 0. The van der Waals surface area contributed by atoms with Gasteiger partial charge < -0.3 is 14.5 Å². The lowest BCUT2D eigenvalue weighted by molar-refractivity contribution is 0.309. The summed E-state index contributed by atoms with van der Waals surface area (Å²) in [5, 5.41) is 0.566. The highest BCUT2D eigenvalue weighted by molar-refractivity contribution is 5.79. The zero-order valence-electron chi connectivity index (χ0n) is 14.3. The SMILES string of the molecule is C=CCc1cc(-c2nc3ccccc3c(=O)[nH]2)cc(OCC)c1OC. The summed E-state index contributed by atoms with van der Waals surface area (Å²) in [5.41, 5.74) is 2.18. The first kappa shape index (κ1) is 16.8. The number of H-pyrrole nitrogens is 1. The van der Waals surface area contributed by atoms with E-state index in [-0.39, 0.29) is 5.56 Å². The molecule has 0 aliphatic carbocycles. The molecular formula is C20H20N2O3. The number of methoxy groups -OCH3 is 1. The van der Waals surface area contributed by atoms with E-state index >= 15 is 0 Å². The molecule has 2 aromatic carbocycles. The second kappa shape index (κ2) is 7.21. The van der Waals surface area contributed by atoms with Crippen molar-refractivity contribution in [1.29, 1.82) is 0 Å². The third-order valence-electron chi connectivity index (χ3n) is 3.89. The van der Waals surface area contributed by atoms with Gasteiger partial charge in [-0.25, -0.2) is 4.98 Å². The molecule has 0 aliphatic rings. The van der Waals surface area contributed by atoms with E-state index in [0.29, 0.717) is 41.3 Å². The van der Waals surface area contributed by atoms with Crippen LogP contribution in [0.2, 0.25) is 0 Å². The van der Waals surface area contributed by atoms with E-state index in [2.05, 4.69) is 16.5 Å². The van der Waals surface area contributed by atoms with Gasteiger partial charge in [-0.1, -0.05) is 18.2 Å². The number of fused-ring (bicyclic) bond motifs is 1. The lowest BCUT2D eigenvalue weighted by atomic mass is 10.0. The molecule has 1 N–H and O–H groups in total. The highest BCUT2D eigenvalue weighted by Gasteiger charge is 2.15. The average molecular weight is 336 g/mol. The molecule has 0 atom stereocenters. The van der Waals surface area contributed by atoms with E-state index in [9.17, 15) is 4.79 Å². The van der Waals surface area contributed by atoms with E-state index in [4.69, 9.17) is 9.47 Å². The number of allylic oxidation sites excluding steroid dienone is 1. The number of rotatable bonds is 6. The standard InChI is InChI=1S/C20H20N2O3/c1-4-8-13-11-14(12-17(25-5-2)18(13)24-3)19-21-16-10-7-6-9-15(16)20(23)22-19/h4,6-7,9-12H,1,5,8H2,2-3H3,(H,21,22,23). The lowest BCUT2D eigenvalue weighted by Crippen LogP contribution is -2.09. The molecule has 1 heterocycles. The molecule has 3 aromatic rings. The Morgan fingerprint density at radius 3 is 2.80 bits per heavy atom. The van der Waals surface area contributed by atoms with Crippen LogP contribution in [0.25, 0.3) is 22.3 Å². The van der Waals surface area contributed by atoms with Crippen LogP contribution in [0.15, 0.2) is 53.8 Å². The molecule has 3 rings (SSSR count). The van der Waals surface area contributed by atoms with Gasteiger partial charge in [0.1, 0.15) is 5.82 Å². The van der Waals surface area contributed by atoms with E-state index in [1.165, 1.54) is 0 Å². The molecule has 1 aromatic heterocycles. The molecule has 0 bridgehead atoms. The monoisotopic (exact) mass is 336 g/mol. The van der Waals surface area contributed by atoms with Crippen LogP contribution in [0, 0.1) is 0 Å². The van der Waals surface area contributed by atoms with Crippen LogP contribution in [0.4, 0.5) is 0 Å². The van der Waals surface area contributed by atoms with Crippen LogP contribution >= 0.6 is 0 Å². The molecule has 0 saturated heterocycles. The van der Waals surface area contributed by atoms with Gasteiger partial charge >= 0.3 is 0 Å². The fourth-order valence-electron chi connectivity index (χ4n) is 2.82. The fraction of sp³-hybridized carbons (Fsp3) is 0.200. The molecule has 25 heavy (non-hydrogen) atoms. The first-order valence-corrected chi connectivity index (χ1v) is 8.12. The Labute approximate surface area is 145 Å². The van der Waals surface area contributed by atoms with Crippen molar-refractivity contribution in [2.24, 2.45) is 0 Å². The van der Waals surface area contributed by atoms with E-state index in [1.807, 2.05) is 37.3 Å². The van der Waals surface area contributed by atoms with E-state index in [1.54, 1.807) is 19.3 Å². The molecule has 128 valence electrons. The topological polar surface area (TPSA) is 64.2 Å². The highest BCUT2D eigenvalue weighted by Crippen LogP contribution is 2.36. The smallest absolute Gasteiger partial charge is 0.259 e. The summed E-state index contributed by atoms with van der Waals surface area (Å²) in [6.07, 6.45) is 2.42. The lowest BCUT2D eigenvalue weighted by Gasteiger charge is -2.15. The van der Waals surface area contributed by atoms with Crippen molar-refractivity contribution < 1.29 is 9.47 Å². The van der Waals surface area contributed by atoms with Crippen LogP contribution in [0.1, 0.15) is 12.5 Å². The number of ether oxygens (including phenoxy) is 2. The quantitative estimate of drug-likeness (QED) is 0.697. The summed E-state index contributed by atoms with van der Waals surface area (Å²) in [6.45, 7) is 6.22. The number of hydrogen-bond acceptors (Lipinski definition) is 4. The van der Waals surface area contributed by atoms with Crippen molar-refractivity contribution in [2.75, 3.05) is 13.7 Å².